The quantitative estimate of drug-likeness (QED) is 0.795. The summed E-state index contributed by atoms with van der Waals surface area (Å²) in [4.78, 5) is 23.6. The first-order chi connectivity index (χ1) is 12.3. The maximum atomic E-state index is 12.7. The molecule has 0 aromatic heterocycles. The van der Waals surface area contributed by atoms with E-state index in [-0.39, 0.29) is 18.0 Å². The Morgan fingerprint density at radius 2 is 1.77 bits per heavy atom. The van der Waals surface area contributed by atoms with Gasteiger partial charge in [-0.2, -0.15) is 13.2 Å². The van der Waals surface area contributed by atoms with Crippen LogP contribution in [0.4, 0.5) is 13.2 Å². The average molecular weight is 365 g/mol. The van der Waals surface area contributed by atoms with Gasteiger partial charge in [-0.3, -0.25) is 9.59 Å². The fourth-order valence-electron chi connectivity index (χ4n) is 2.33. The minimum absolute atomic E-state index is 0.169. The maximum Gasteiger partial charge on any atom is 0.416 e. The standard InChI is InChI=1S/C19H18F3NO3/c1-13(15-7-3-2-4-8-15)23-17(24)12-26-18(25)11-14-6-5-9-16(10-14)19(20,21)22/h2-10,13H,11-12H2,1H3,(H,23,24). The summed E-state index contributed by atoms with van der Waals surface area (Å²) >= 11 is 0. The SMILES string of the molecule is CC(NC(=O)COC(=O)Cc1cccc(C(F)(F)F)c1)c1ccccc1. The van der Waals surface area contributed by atoms with E-state index >= 15 is 0 Å². The van der Waals surface area contributed by atoms with Gasteiger partial charge < -0.3 is 10.1 Å². The molecule has 0 bridgehead atoms. The van der Waals surface area contributed by atoms with Gasteiger partial charge in [0.1, 0.15) is 0 Å². The number of ether oxygens (including phenoxy) is 1. The van der Waals surface area contributed by atoms with Crippen LogP contribution in [-0.2, 0) is 26.9 Å². The summed E-state index contributed by atoms with van der Waals surface area (Å²) in [6.07, 6.45) is -4.82. The molecule has 138 valence electrons. The zero-order valence-electron chi connectivity index (χ0n) is 14.0. The first-order valence-corrected chi connectivity index (χ1v) is 7.92. The molecule has 1 atom stereocenters. The molecule has 1 N–H and O–H groups in total. The molecule has 7 heteroatoms. The smallest absolute Gasteiger partial charge is 0.416 e. The second kappa shape index (κ2) is 8.51. The van der Waals surface area contributed by atoms with Crippen LogP contribution in [0.5, 0.6) is 0 Å². The van der Waals surface area contributed by atoms with E-state index in [1.54, 1.807) is 6.92 Å². The summed E-state index contributed by atoms with van der Waals surface area (Å²) in [7, 11) is 0. The van der Waals surface area contributed by atoms with Crippen LogP contribution < -0.4 is 5.32 Å². The van der Waals surface area contributed by atoms with Gasteiger partial charge in [0, 0.05) is 0 Å². The highest BCUT2D eigenvalue weighted by atomic mass is 19.4. The van der Waals surface area contributed by atoms with Crippen LogP contribution in [-0.4, -0.2) is 18.5 Å². The molecule has 0 saturated carbocycles. The summed E-state index contributed by atoms with van der Waals surface area (Å²) < 4.78 is 42.8. The second-order valence-corrected chi connectivity index (χ2v) is 5.74. The number of halogens is 3. The van der Waals surface area contributed by atoms with E-state index in [2.05, 4.69) is 5.32 Å². The van der Waals surface area contributed by atoms with E-state index in [1.807, 2.05) is 30.3 Å². The molecule has 0 radical (unpaired) electrons. The molecule has 2 rings (SSSR count). The Labute approximate surface area is 149 Å². The maximum absolute atomic E-state index is 12.7. The normalized spacial score (nSPS) is 12.3. The lowest BCUT2D eigenvalue weighted by atomic mass is 10.1. The topological polar surface area (TPSA) is 55.4 Å². The molecule has 1 unspecified atom stereocenters. The van der Waals surface area contributed by atoms with Gasteiger partial charge >= 0.3 is 12.1 Å². The fraction of sp³-hybridized carbons (Fsp3) is 0.263. The van der Waals surface area contributed by atoms with Crippen molar-refractivity contribution in [2.24, 2.45) is 0 Å². The molecule has 0 spiro atoms. The van der Waals surface area contributed by atoms with Crippen LogP contribution in [0.1, 0.15) is 29.7 Å². The fourth-order valence-corrected chi connectivity index (χ4v) is 2.33. The Kier molecular flexibility index (Phi) is 6.38. The van der Waals surface area contributed by atoms with Gasteiger partial charge in [-0.25, -0.2) is 0 Å². The second-order valence-electron chi connectivity index (χ2n) is 5.74. The van der Waals surface area contributed by atoms with Crippen molar-refractivity contribution < 1.29 is 27.5 Å². The molecule has 1 amide bonds. The molecule has 0 fully saturated rings. The third-order valence-electron chi connectivity index (χ3n) is 3.64. The van der Waals surface area contributed by atoms with Gasteiger partial charge in [0.15, 0.2) is 6.61 Å². The third kappa shape index (κ3) is 5.91. The van der Waals surface area contributed by atoms with Crippen molar-refractivity contribution in [1.82, 2.24) is 5.32 Å². The van der Waals surface area contributed by atoms with Crippen molar-refractivity contribution in [3.8, 4) is 0 Å². The number of rotatable bonds is 6. The molecule has 2 aromatic carbocycles. The number of hydrogen-bond acceptors (Lipinski definition) is 3. The predicted octanol–water partition coefficient (Wildman–Crippen LogP) is 3.67. The third-order valence-corrected chi connectivity index (χ3v) is 3.64. The minimum atomic E-state index is -4.48. The van der Waals surface area contributed by atoms with Crippen molar-refractivity contribution in [1.29, 1.82) is 0 Å². The van der Waals surface area contributed by atoms with Crippen molar-refractivity contribution in [3.63, 3.8) is 0 Å². The van der Waals surface area contributed by atoms with Crippen LogP contribution in [0.3, 0.4) is 0 Å². The number of esters is 1. The Morgan fingerprint density at radius 1 is 1.08 bits per heavy atom. The lowest BCUT2D eigenvalue weighted by Gasteiger charge is -2.14. The highest BCUT2D eigenvalue weighted by Crippen LogP contribution is 2.29. The number of nitrogens with one attached hydrogen (secondary N) is 1. The zero-order valence-corrected chi connectivity index (χ0v) is 14.0. The Balaban J connectivity index is 1.82. The van der Waals surface area contributed by atoms with Crippen molar-refractivity contribution in [2.45, 2.75) is 25.6 Å². The van der Waals surface area contributed by atoms with Crippen molar-refractivity contribution >= 4 is 11.9 Å². The van der Waals surface area contributed by atoms with Crippen molar-refractivity contribution in [2.75, 3.05) is 6.61 Å². The van der Waals surface area contributed by atoms with Crippen LogP contribution in [0, 0.1) is 0 Å². The highest BCUT2D eigenvalue weighted by molar-refractivity contribution is 5.81. The predicted molar refractivity (Wildman–Crippen MR) is 89.1 cm³/mol. The Morgan fingerprint density at radius 3 is 2.42 bits per heavy atom. The molecule has 0 aliphatic carbocycles. The van der Waals surface area contributed by atoms with E-state index < -0.39 is 30.2 Å². The monoisotopic (exact) mass is 365 g/mol. The molecule has 4 nitrogen and oxygen atoms in total. The summed E-state index contributed by atoms with van der Waals surface area (Å²) in [5, 5.41) is 2.68. The van der Waals surface area contributed by atoms with Gasteiger partial charge in [0.05, 0.1) is 18.0 Å². The van der Waals surface area contributed by atoms with Gasteiger partial charge in [0.25, 0.3) is 5.91 Å². The number of carbonyl (C=O) groups excluding carboxylic acids is 2. The minimum Gasteiger partial charge on any atom is -0.455 e. The van der Waals surface area contributed by atoms with Crippen LogP contribution in [0.15, 0.2) is 54.6 Å². The molecule has 26 heavy (non-hydrogen) atoms. The van der Waals surface area contributed by atoms with Crippen molar-refractivity contribution in [3.05, 3.63) is 71.3 Å². The number of carbonyl (C=O) groups is 2. The molecule has 0 heterocycles. The zero-order chi connectivity index (χ0) is 19.2. The molecular weight excluding hydrogens is 347 g/mol. The van der Waals surface area contributed by atoms with Crippen LogP contribution in [0.2, 0.25) is 0 Å². The molecule has 0 aliphatic heterocycles. The summed E-state index contributed by atoms with van der Waals surface area (Å²) in [5.74, 6) is -1.26. The van der Waals surface area contributed by atoms with Gasteiger partial charge in [-0.1, -0.05) is 48.5 Å². The number of alkyl halides is 3. The number of hydrogen-bond donors (Lipinski definition) is 1. The molecule has 2 aromatic rings. The van der Waals surface area contributed by atoms with Gasteiger partial charge in [-0.05, 0) is 24.1 Å². The first-order valence-electron chi connectivity index (χ1n) is 7.92. The number of amides is 1. The highest BCUT2D eigenvalue weighted by Gasteiger charge is 2.30. The summed E-state index contributed by atoms with van der Waals surface area (Å²) in [6.45, 7) is 1.30. The van der Waals surface area contributed by atoms with Gasteiger partial charge in [-0.15, -0.1) is 0 Å². The summed E-state index contributed by atoms with van der Waals surface area (Å²) in [6, 6.07) is 13.4. The average Bonchev–Trinajstić information content (AvgIpc) is 2.60. The van der Waals surface area contributed by atoms with Crippen LogP contribution in [0.25, 0.3) is 0 Å². The number of benzene rings is 2. The van der Waals surface area contributed by atoms with E-state index in [4.69, 9.17) is 4.74 Å². The molecule has 0 saturated heterocycles. The molecular formula is C19H18F3NO3. The Bertz CT molecular complexity index is 760. The van der Waals surface area contributed by atoms with Crippen LogP contribution >= 0.6 is 0 Å². The van der Waals surface area contributed by atoms with Gasteiger partial charge in [0.2, 0.25) is 0 Å². The first kappa shape index (κ1) is 19.5. The van der Waals surface area contributed by atoms with E-state index in [9.17, 15) is 22.8 Å². The van der Waals surface area contributed by atoms with E-state index in [0.717, 1.165) is 17.7 Å². The lowest BCUT2D eigenvalue weighted by molar-refractivity contribution is -0.148. The molecule has 0 aliphatic rings. The summed E-state index contributed by atoms with van der Waals surface area (Å²) in [5.41, 5.74) is 0.233. The van der Waals surface area contributed by atoms with E-state index in [0.29, 0.717) is 0 Å². The lowest BCUT2D eigenvalue weighted by Crippen LogP contribution is -2.31. The van der Waals surface area contributed by atoms with E-state index in [1.165, 1.54) is 12.1 Å². The Hall–Kier alpha value is -2.83. The largest absolute Gasteiger partial charge is 0.455 e.